The zero-order valence-corrected chi connectivity index (χ0v) is 11.5. The summed E-state index contributed by atoms with van der Waals surface area (Å²) in [6.45, 7) is 10.1. The number of β-amino-alcohol motifs (C(OH)–C–C–N with tert-alkyl or cyclic N) is 1. The fourth-order valence-electron chi connectivity index (χ4n) is 3.22. The molecule has 1 aliphatic heterocycles. The number of aliphatic hydroxyl groups excluding tert-OH is 1. The molecule has 0 aromatic heterocycles. The van der Waals surface area contributed by atoms with E-state index in [0.29, 0.717) is 13.2 Å². The van der Waals surface area contributed by atoms with E-state index in [-0.39, 0.29) is 23.8 Å². The molecule has 1 saturated heterocycles. The summed E-state index contributed by atoms with van der Waals surface area (Å²) in [6, 6.07) is 0. The molecular weight excluding hydrogens is 214 g/mol. The average molecular weight is 239 g/mol. The molecule has 1 heterocycles. The molecule has 3 nitrogen and oxygen atoms in total. The maximum Gasteiger partial charge on any atom is 0.107 e. The number of hydrogen-bond donors (Lipinski definition) is 1. The van der Waals surface area contributed by atoms with E-state index in [0.717, 1.165) is 12.8 Å². The van der Waals surface area contributed by atoms with E-state index in [1.165, 1.54) is 0 Å². The number of hydrogen-bond acceptors (Lipinski definition) is 3. The van der Waals surface area contributed by atoms with Gasteiger partial charge in [0.1, 0.15) is 6.61 Å². The van der Waals surface area contributed by atoms with E-state index >= 15 is 0 Å². The number of likely N-dealkylation sites (tertiary alicyclic amines) is 1. The molecular formula is C14H25NO2. The highest BCUT2D eigenvalue weighted by molar-refractivity contribution is 5.01. The van der Waals surface area contributed by atoms with Gasteiger partial charge in [-0.3, -0.25) is 4.90 Å². The predicted octanol–water partition coefficient (Wildman–Crippen LogP) is 1.65. The lowest BCUT2D eigenvalue weighted by molar-refractivity contribution is -0.102. The molecule has 1 aliphatic rings. The monoisotopic (exact) mass is 239 g/mol. The zero-order chi connectivity index (χ0) is 13.1. The SMILES string of the molecule is C#CCOC1CC(C)(C)N(CCO)C(C)(C)C1. The first-order valence-electron chi connectivity index (χ1n) is 6.27. The molecule has 0 aliphatic carbocycles. The van der Waals surface area contributed by atoms with Crippen LogP contribution in [0, 0.1) is 12.3 Å². The summed E-state index contributed by atoms with van der Waals surface area (Å²) in [7, 11) is 0. The fraction of sp³-hybridized carbons (Fsp3) is 0.857. The normalized spacial score (nSPS) is 24.5. The summed E-state index contributed by atoms with van der Waals surface area (Å²) in [6.07, 6.45) is 7.36. The van der Waals surface area contributed by atoms with Crippen LogP contribution in [0.3, 0.4) is 0 Å². The van der Waals surface area contributed by atoms with Crippen LogP contribution in [0.5, 0.6) is 0 Å². The average Bonchev–Trinajstić information content (AvgIpc) is 2.19. The summed E-state index contributed by atoms with van der Waals surface area (Å²) in [4.78, 5) is 2.37. The molecule has 1 rings (SSSR count). The molecule has 0 atom stereocenters. The highest BCUT2D eigenvalue weighted by atomic mass is 16.5. The van der Waals surface area contributed by atoms with Crippen LogP contribution in [0.25, 0.3) is 0 Å². The minimum absolute atomic E-state index is 0.0315. The molecule has 0 amide bonds. The molecule has 0 aromatic rings. The quantitative estimate of drug-likeness (QED) is 0.757. The van der Waals surface area contributed by atoms with Crippen LogP contribution >= 0.6 is 0 Å². The number of rotatable bonds is 4. The highest BCUT2D eigenvalue weighted by Crippen LogP contribution is 2.39. The third-order valence-corrected chi connectivity index (χ3v) is 3.64. The maximum absolute atomic E-state index is 9.19. The summed E-state index contributed by atoms with van der Waals surface area (Å²) < 4.78 is 5.70. The minimum Gasteiger partial charge on any atom is -0.395 e. The first-order chi connectivity index (χ1) is 7.83. The van der Waals surface area contributed by atoms with Gasteiger partial charge < -0.3 is 9.84 Å². The van der Waals surface area contributed by atoms with Crippen molar-refractivity contribution in [1.82, 2.24) is 4.90 Å². The van der Waals surface area contributed by atoms with E-state index in [9.17, 15) is 5.11 Å². The smallest absolute Gasteiger partial charge is 0.107 e. The molecule has 1 N–H and O–H groups in total. The van der Waals surface area contributed by atoms with Crippen LogP contribution < -0.4 is 0 Å². The lowest BCUT2D eigenvalue weighted by atomic mass is 9.78. The molecule has 0 aromatic carbocycles. The Kier molecular flexibility index (Phi) is 4.60. The number of aliphatic hydroxyl groups is 1. The maximum atomic E-state index is 9.19. The van der Waals surface area contributed by atoms with Crippen LogP contribution in [0.15, 0.2) is 0 Å². The Balaban J connectivity index is 2.77. The lowest BCUT2D eigenvalue weighted by Crippen LogP contribution is -2.62. The summed E-state index contributed by atoms with van der Waals surface area (Å²) >= 11 is 0. The van der Waals surface area contributed by atoms with Gasteiger partial charge in [-0.2, -0.15) is 0 Å². The van der Waals surface area contributed by atoms with Crippen molar-refractivity contribution in [3.63, 3.8) is 0 Å². The van der Waals surface area contributed by atoms with E-state index in [4.69, 9.17) is 11.2 Å². The standard InChI is InChI=1S/C14H25NO2/c1-6-9-17-12-10-13(2,3)15(7-8-16)14(4,5)11-12/h1,12,16H,7-11H2,2-5H3. The van der Waals surface area contributed by atoms with Gasteiger partial charge in [0.15, 0.2) is 0 Å². The molecule has 0 bridgehead atoms. The predicted molar refractivity (Wildman–Crippen MR) is 69.8 cm³/mol. The van der Waals surface area contributed by atoms with Crippen molar-refractivity contribution in [2.75, 3.05) is 19.8 Å². The molecule has 3 heteroatoms. The third kappa shape index (κ3) is 3.45. The van der Waals surface area contributed by atoms with E-state index in [2.05, 4.69) is 38.5 Å². The van der Waals surface area contributed by atoms with Gasteiger partial charge in [-0.1, -0.05) is 5.92 Å². The molecule has 0 spiro atoms. The van der Waals surface area contributed by atoms with E-state index < -0.39 is 0 Å². The van der Waals surface area contributed by atoms with Crippen molar-refractivity contribution < 1.29 is 9.84 Å². The number of nitrogens with zero attached hydrogens (tertiary/aromatic N) is 1. The molecule has 0 saturated carbocycles. The fourth-order valence-corrected chi connectivity index (χ4v) is 3.22. The van der Waals surface area contributed by atoms with Crippen LogP contribution in [-0.4, -0.2) is 46.9 Å². The van der Waals surface area contributed by atoms with E-state index in [1.54, 1.807) is 0 Å². The third-order valence-electron chi connectivity index (χ3n) is 3.64. The lowest BCUT2D eigenvalue weighted by Gasteiger charge is -2.55. The van der Waals surface area contributed by atoms with Crippen LogP contribution in [0.1, 0.15) is 40.5 Å². The Morgan fingerprint density at radius 1 is 1.29 bits per heavy atom. The molecule has 0 unspecified atom stereocenters. The van der Waals surface area contributed by atoms with Crippen LogP contribution in [0.2, 0.25) is 0 Å². The second-order valence-corrected chi connectivity index (χ2v) is 6.05. The Bertz CT molecular complexity index is 273. The zero-order valence-electron chi connectivity index (χ0n) is 11.5. The van der Waals surface area contributed by atoms with Crippen molar-refractivity contribution >= 4 is 0 Å². The summed E-state index contributed by atoms with van der Waals surface area (Å²) in [5.74, 6) is 2.53. The van der Waals surface area contributed by atoms with Gasteiger partial charge in [0.05, 0.1) is 12.7 Å². The highest BCUT2D eigenvalue weighted by Gasteiger charge is 2.45. The van der Waals surface area contributed by atoms with Crippen LogP contribution in [-0.2, 0) is 4.74 Å². The van der Waals surface area contributed by atoms with Crippen LogP contribution in [0.4, 0.5) is 0 Å². The number of piperidine rings is 1. The van der Waals surface area contributed by atoms with Gasteiger partial charge in [0.25, 0.3) is 0 Å². The van der Waals surface area contributed by atoms with Crippen molar-refractivity contribution in [1.29, 1.82) is 0 Å². The Morgan fingerprint density at radius 3 is 2.24 bits per heavy atom. The molecule has 17 heavy (non-hydrogen) atoms. The summed E-state index contributed by atoms with van der Waals surface area (Å²) in [5.41, 5.74) is 0.0630. The summed E-state index contributed by atoms with van der Waals surface area (Å²) in [5, 5.41) is 9.19. The van der Waals surface area contributed by atoms with Crippen molar-refractivity contribution in [2.24, 2.45) is 0 Å². The van der Waals surface area contributed by atoms with Crippen molar-refractivity contribution in [3.8, 4) is 12.3 Å². The largest absolute Gasteiger partial charge is 0.395 e. The molecule has 0 radical (unpaired) electrons. The first-order valence-corrected chi connectivity index (χ1v) is 6.27. The van der Waals surface area contributed by atoms with Gasteiger partial charge in [0, 0.05) is 17.6 Å². The van der Waals surface area contributed by atoms with E-state index in [1.807, 2.05) is 0 Å². The van der Waals surface area contributed by atoms with Gasteiger partial charge in [0.2, 0.25) is 0 Å². The van der Waals surface area contributed by atoms with Gasteiger partial charge in [-0.25, -0.2) is 0 Å². The van der Waals surface area contributed by atoms with Gasteiger partial charge >= 0.3 is 0 Å². The molecule has 1 fully saturated rings. The van der Waals surface area contributed by atoms with Gasteiger partial charge in [-0.15, -0.1) is 6.42 Å². The Morgan fingerprint density at radius 2 is 1.82 bits per heavy atom. The first kappa shape index (κ1) is 14.5. The van der Waals surface area contributed by atoms with Crippen molar-refractivity contribution in [3.05, 3.63) is 0 Å². The minimum atomic E-state index is 0.0315. The second kappa shape index (κ2) is 5.39. The number of terminal acetylenes is 1. The number of ether oxygens (including phenoxy) is 1. The van der Waals surface area contributed by atoms with Crippen molar-refractivity contribution in [2.45, 2.75) is 57.7 Å². The second-order valence-electron chi connectivity index (χ2n) is 6.05. The topological polar surface area (TPSA) is 32.7 Å². The van der Waals surface area contributed by atoms with Gasteiger partial charge in [-0.05, 0) is 40.5 Å². The molecule has 98 valence electrons. The Labute approximate surface area is 105 Å². The Hall–Kier alpha value is -0.560.